The van der Waals surface area contributed by atoms with Crippen LogP contribution in [-0.4, -0.2) is 33.6 Å². The quantitative estimate of drug-likeness (QED) is 0.298. The minimum Gasteiger partial charge on any atom is -0.495 e. The van der Waals surface area contributed by atoms with Crippen molar-refractivity contribution in [3.63, 3.8) is 0 Å². The number of nitro groups is 1. The van der Waals surface area contributed by atoms with E-state index >= 15 is 0 Å². The third kappa shape index (κ3) is 5.24. The Hall–Kier alpha value is -3.01. The Morgan fingerprint density at radius 1 is 1.03 bits per heavy atom. The summed E-state index contributed by atoms with van der Waals surface area (Å²) in [6.45, 7) is -0.168. The van der Waals surface area contributed by atoms with Gasteiger partial charge in [-0.05, 0) is 36.4 Å². The molecular weight excluding hydrogens is 479 g/mol. The lowest BCUT2D eigenvalue weighted by molar-refractivity contribution is -0.385. The largest absolute Gasteiger partial charge is 0.495 e. The Bertz CT molecular complexity index is 1240. The SMILES string of the molecule is COc1ccccc1N(CCOc1cccc(Cl)c1)S(=O)(=O)c1cc([N+](=O)[O-])ccc1Cl. The van der Waals surface area contributed by atoms with Crippen molar-refractivity contribution >= 4 is 44.6 Å². The van der Waals surface area contributed by atoms with Crippen LogP contribution in [0.15, 0.2) is 71.6 Å². The van der Waals surface area contributed by atoms with Crippen molar-refractivity contribution in [3.05, 3.63) is 86.9 Å². The fourth-order valence-electron chi connectivity index (χ4n) is 2.93. The van der Waals surface area contributed by atoms with Gasteiger partial charge in [0.15, 0.2) is 0 Å². The number of anilines is 1. The standard InChI is InChI=1S/C21H18Cl2N2O6S/c1-30-20-8-3-2-7-19(20)24(11-12-31-17-6-4-5-15(22)13-17)32(28,29)21-14-16(25(26)27)9-10-18(21)23/h2-10,13-14H,11-12H2,1H3. The van der Waals surface area contributed by atoms with Crippen molar-refractivity contribution in [2.75, 3.05) is 24.6 Å². The Labute approximate surface area is 195 Å². The van der Waals surface area contributed by atoms with Gasteiger partial charge < -0.3 is 9.47 Å². The van der Waals surface area contributed by atoms with Gasteiger partial charge in [0.1, 0.15) is 23.0 Å². The predicted octanol–water partition coefficient (Wildman–Crippen LogP) is 5.18. The van der Waals surface area contributed by atoms with Gasteiger partial charge in [0.2, 0.25) is 0 Å². The summed E-state index contributed by atoms with van der Waals surface area (Å²) in [5.41, 5.74) is -0.171. The van der Waals surface area contributed by atoms with Crippen molar-refractivity contribution in [2.24, 2.45) is 0 Å². The number of hydrogen-bond donors (Lipinski definition) is 0. The normalized spacial score (nSPS) is 11.1. The highest BCUT2D eigenvalue weighted by Gasteiger charge is 2.30. The molecule has 32 heavy (non-hydrogen) atoms. The number of nitro benzene ring substituents is 1. The van der Waals surface area contributed by atoms with Gasteiger partial charge in [-0.25, -0.2) is 8.42 Å². The van der Waals surface area contributed by atoms with E-state index in [1.165, 1.54) is 13.2 Å². The summed E-state index contributed by atoms with van der Waals surface area (Å²) >= 11 is 12.1. The van der Waals surface area contributed by atoms with Crippen LogP contribution in [-0.2, 0) is 10.0 Å². The molecule has 0 saturated heterocycles. The first-order chi connectivity index (χ1) is 15.2. The molecule has 0 bridgehead atoms. The monoisotopic (exact) mass is 496 g/mol. The third-order valence-corrected chi connectivity index (χ3v) is 6.94. The number of methoxy groups -OCH3 is 1. The highest BCUT2D eigenvalue weighted by atomic mass is 35.5. The van der Waals surface area contributed by atoms with Gasteiger partial charge in [0.05, 0.1) is 29.3 Å². The van der Waals surface area contributed by atoms with Crippen LogP contribution < -0.4 is 13.8 Å². The summed E-state index contributed by atoms with van der Waals surface area (Å²) in [6, 6.07) is 16.4. The highest BCUT2D eigenvalue weighted by Crippen LogP contribution is 2.35. The number of halogens is 2. The van der Waals surface area contributed by atoms with Crippen LogP contribution in [0.2, 0.25) is 10.0 Å². The molecular formula is C21H18Cl2N2O6S. The topological polar surface area (TPSA) is 99.0 Å². The smallest absolute Gasteiger partial charge is 0.270 e. The molecule has 11 heteroatoms. The van der Waals surface area contributed by atoms with Crippen molar-refractivity contribution in [2.45, 2.75) is 4.90 Å². The summed E-state index contributed by atoms with van der Waals surface area (Å²) in [5, 5.41) is 11.5. The number of benzene rings is 3. The minimum absolute atomic E-state index is 0.0375. The average Bonchev–Trinajstić information content (AvgIpc) is 2.76. The zero-order valence-electron chi connectivity index (χ0n) is 16.8. The van der Waals surface area contributed by atoms with Crippen LogP contribution in [0, 0.1) is 10.1 Å². The second-order valence-electron chi connectivity index (χ2n) is 6.43. The lowest BCUT2D eigenvalue weighted by Crippen LogP contribution is -2.35. The maximum absolute atomic E-state index is 13.6. The number of non-ortho nitro benzene ring substituents is 1. The molecule has 0 unspecified atom stereocenters. The molecule has 3 aromatic carbocycles. The van der Waals surface area contributed by atoms with E-state index in [9.17, 15) is 18.5 Å². The molecule has 3 aromatic rings. The maximum Gasteiger partial charge on any atom is 0.270 e. The van der Waals surface area contributed by atoms with E-state index in [4.69, 9.17) is 32.7 Å². The van der Waals surface area contributed by atoms with Crippen LogP contribution in [0.4, 0.5) is 11.4 Å². The van der Waals surface area contributed by atoms with Crippen LogP contribution in [0.5, 0.6) is 11.5 Å². The lowest BCUT2D eigenvalue weighted by atomic mass is 10.3. The minimum atomic E-state index is -4.33. The predicted molar refractivity (Wildman–Crippen MR) is 123 cm³/mol. The molecule has 0 aliphatic heterocycles. The maximum atomic E-state index is 13.6. The molecule has 0 heterocycles. The fourth-order valence-corrected chi connectivity index (χ4v) is 5.07. The van der Waals surface area contributed by atoms with Crippen LogP contribution in [0.1, 0.15) is 0 Å². The first-order valence-corrected chi connectivity index (χ1v) is 11.4. The molecule has 0 saturated carbocycles. The van der Waals surface area contributed by atoms with E-state index in [1.807, 2.05) is 0 Å². The second kappa shape index (κ2) is 10.1. The van der Waals surface area contributed by atoms with Gasteiger partial charge in [0, 0.05) is 17.2 Å². The molecule has 0 amide bonds. The number of rotatable bonds is 9. The van der Waals surface area contributed by atoms with Gasteiger partial charge in [0.25, 0.3) is 15.7 Å². The number of nitrogens with zero attached hydrogens (tertiary/aromatic N) is 2. The Morgan fingerprint density at radius 3 is 2.47 bits per heavy atom. The summed E-state index contributed by atoms with van der Waals surface area (Å²) in [4.78, 5) is 10.1. The van der Waals surface area contributed by atoms with Crippen LogP contribution in [0.25, 0.3) is 0 Å². The fraction of sp³-hybridized carbons (Fsp3) is 0.143. The van der Waals surface area contributed by atoms with Gasteiger partial charge in [-0.1, -0.05) is 41.4 Å². The molecule has 8 nitrogen and oxygen atoms in total. The molecule has 168 valence electrons. The number of para-hydroxylation sites is 2. The Balaban J connectivity index is 2.02. The highest BCUT2D eigenvalue weighted by molar-refractivity contribution is 7.93. The van der Waals surface area contributed by atoms with Gasteiger partial charge in [-0.3, -0.25) is 14.4 Å². The van der Waals surface area contributed by atoms with E-state index in [-0.39, 0.29) is 23.9 Å². The molecule has 0 aromatic heterocycles. The first kappa shape index (κ1) is 23.6. The van der Waals surface area contributed by atoms with E-state index in [0.29, 0.717) is 16.5 Å². The zero-order valence-corrected chi connectivity index (χ0v) is 19.1. The number of ether oxygens (including phenoxy) is 2. The molecule has 0 fully saturated rings. The molecule has 0 radical (unpaired) electrons. The first-order valence-electron chi connectivity index (χ1n) is 9.22. The van der Waals surface area contributed by atoms with E-state index < -0.39 is 25.5 Å². The Morgan fingerprint density at radius 2 is 1.78 bits per heavy atom. The average molecular weight is 497 g/mol. The van der Waals surface area contributed by atoms with E-state index in [1.54, 1.807) is 48.5 Å². The molecule has 3 rings (SSSR count). The van der Waals surface area contributed by atoms with Gasteiger partial charge >= 0.3 is 0 Å². The molecule has 0 aliphatic rings. The third-order valence-electron chi connectivity index (χ3n) is 4.41. The summed E-state index contributed by atoms with van der Waals surface area (Å²) in [7, 11) is -2.92. The van der Waals surface area contributed by atoms with Crippen molar-refractivity contribution in [3.8, 4) is 11.5 Å². The molecule has 0 aliphatic carbocycles. The summed E-state index contributed by atoms with van der Waals surface area (Å²) < 4.78 is 39.2. The van der Waals surface area contributed by atoms with E-state index in [0.717, 1.165) is 16.4 Å². The molecule has 0 N–H and O–H groups in total. The molecule has 0 spiro atoms. The van der Waals surface area contributed by atoms with Gasteiger partial charge in [-0.2, -0.15) is 0 Å². The van der Waals surface area contributed by atoms with Crippen molar-refractivity contribution in [1.82, 2.24) is 0 Å². The molecule has 0 atom stereocenters. The van der Waals surface area contributed by atoms with Crippen molar-refractivity contribution < 1.29 is 22.8 Å². The second-order valence-corrected chi connectivity index (χ2v) is 9.10. The lowest BCUT2D eigenvalue weighted by Gasteiger charge is -2.26. The number of sulfonamides is 1. The summed E-state index contributed by atoms with van der Waals surface area (Å²) in [6.07, 6.45) is 0. The van der Waals surface area contributed by atoms with Crippen LogP contribution in [0.3, 0.4) is 0 Å². The van der Waals surface area contributed by atoms with Crippen molar-refractivity contribution in [1.29, 1.82) is 0 Å². The van der Waals surface area contributed by atoms with Crippen LogP contribution >= 0.6 is 23.2 Å². The van der Waals surface area contributed by atoms with E-state index in [2.05, 4.69) is 0 Å². The Kier molecular flexibility index (Phi) is 7.44. The zero-order chi connectivity index (χ0) is 23.3. The van der Waals surface area contributed by atoms with Gasteiger partial charge in [-0.15, -0.1) is 0 Å². The number of hydrogen-bond acceptors (Lipinski definition) is 6. The summed E-state index contributed by atoms with van der Waals surface area (Å²) in [5.74, 6) is 0.753.